The van der Waals surface area contributed by atoms with Gasteiger partial charge in [0.1, 0.15) is 5.82 Å². The highest BCUT2D eigenvalue weighted by Crippen LogP contribution is 2.11. The summed E-state index contributed by atoms with van der Waals surface area (Å²) < 4.78 is 5.09. The number of rotatable bonds is 13. The molecular weight excluding hydrogens is 340 g/mol. The Morgan fingerprint density at radius 3 is 2.52 bits per heavy atom. The molecule has 0 saturated heterocycles. The largest absolute Gasteiger partial charge is 0.385 e. The van der Waals surface area contributed by atoms with Crippen LogP contribution < -0.4 is 15.5 Å². The lowest BCUT2D eigenvalue weighted by Crippen LogP contribution is -2.41. The molecule has 0 radical (unpaired) electrons. The van der Waals surface area contributed by atoms with E-state index in [1.54, 1.807) is 7.11 Å². The summed E-state index contributed by atoms with van der Waals surface area (Å²) >= 11 is 0. The Morgan fingerprint density at radius 1 is 1.15 bits per heavy atom. The zero-order valence-corrected chi connectivity index (χ0v) is 17.8. The third-order valence-electron chi connectivity index (χ3n) is 4.33. The van der Waals surface area contributed by atoms with E-state index in [4.69, 9.17) is 4.74 Å². The maximum atomic E-state index is 5.09. The second-order valence-electron chi connectivity index (χ2n) is 6.47. The number of nitrogens with zero attached hydrogens (tertiary/aromatic N) is 4. The first-order valence-electron chi connectivity index (χ1n) is 10.0. The van der Waals surface area contributed by atoms with Gasteiger partial charge in [-0.05, 0) is 45.9 Å². The van der Waals surface area contributed by atoms with Crippen LogP contribution in [0.3, 0.4) is 0 Å². The minimum atomic E-state index is 0.616. The van der Waals surface area contributed by atoms with Crippen molar-refractivity contribution in [3.63, 3.8) is 0 Å². The SMILES string of the molecule is CCNC(=NCc1ccc(N(CC)CC)nc1)NCCN(C)CCCOC. The van der Waals surface area contributed by atoms with Crippen molar-refractivity contribution < 1.29 is 4.74 Å². The number of aromatic nitrogens is 1. The van der Waals surface area contributed by atoms with Gasteiger partial charge in [-0.2, -0.15) is 0 Å². The van der Waals surface area contributed by atoms with E-state index < -0.39 is 0 Å². The highest BCUT2D eigenvalue weighted by molar-refractivity contribution is 5.79. The van der Waals surface area contributed by atoms with Crippen molar-refractivity contribution in [2.24, 2.45) is 4.99 Å². The van der Waals surface area contributed by atoms with Crippen molar-refractivity contribution in [2.45, 2.75) is 33.7 Å². The van der Waals surface area contributed by atoms with Crippen LogP contribution in [0, 0.1) is 0 Å². The van der Waals surface area contributed by atoms with E-state index in [0.29, 0.717) is 6.54 Å². The molecule has 0 amide bonds. The molecule has 0 aliphatic heterocycles. The molecule has 0 aliphatic carbocycles. The number of hydrogen-bond acceptors (Lipinski definition) is 5. The fraction of sp³-hybridized carbons (Fsp3) is 0.700. The van der Waals surface area contributed by atoms with Crippen LogP contribution in [0.15, 0.2) is 23.3 Å². The topological polar surface area (TPSA) is 65.0 Å². The first-order chi connectivity index (χ1) is 13.1. The first kappa shape index (κ1) is 23.2. The third kappa shape index (κ3) is 9.58. The molecule has 0 atom stereocenters. The molecule has 0 saturated carbocycles. The van der Waals surface area contributed by atoms with Crippen molar-refractivity contribution in [1.29, 1.82) is 0 Å². The van der Waals surface area contributed by atoms with E-state index in [0.717, 1.165) is 69.6 Å². The quantitative estimate of drug-likeness (QED) is 0.311. The molecule has 0 fully saturated rings. The summed E-state index contributed by atoms with van der Waals surface area (Å²) in [6, 6.07) is 4.18. The molecule has 1 rings (SSSR count). The molecule has 7 heteroatoms. The van der Waals surface area contributed by atoms with Crippen molar-refractivity contribution in [3.8, 4) is 0 Å². The highest BCUT2D eigenvalue weighted by Gasteiger charge is 2.04. The fourth-order valence-corrected chi connectivity index (χ4v) is 2.71. The lowest BCUT2D eigenvalue weighted by molar-refractivity contribution is 0.180. The standard InChI is InChI=1S/C20H38N6O/c1-6-21-20(22-12-14-25(4)13-9-15-27-5)24-17-18-10-11-19(23-16-18)26(7-2)8-3/h10-11,16H,6-9,12-15,17H2,1-5H3,(H2,21,22,24). The number of pyridine rings is 1. The zero-order chi connectivity index (χ0) is 19.9. The van der Waals surface area contributed by atoms with E-state index in [1.807, 2.05) is 6.20 Å². The molecule has 0 aromatic carbocycles. The van der Waals surface area contributed by atoms with Crippen LogP contribution >= 0.6 is 0 Å². The second-order valence-corrected chi connectivity index (χ2v) is 6.47. The molecule has 1 aromatic heterocycles. The molecule has 0 aliphatic rings. The number of nitrogens with one attached hydrogen (secondary N) is 2. The highest BCUT2D eigenvalue weighted by atomic mass is 16.5. The van der Waals surface area contributed by atoms with Crippen LogP contribution in [-0.2, 0) is 11.3 Å². The van der Waals surface area contributed by atoms with Crippen molar-refractivity contribution in [2.75, 3.05) is 64.9 Å². The molecule has 154 valence electrons. The molecule has 0 unspecified atom stereocenters. The minimum Gasteiger partial charge on any atom is -0.385 e. The van der Waals surface area contributed by atoms with Gasteiger partial charge in [0.2, 0.25) is 0 Å². The van der Waals surface area contributed by atoms with Crippen LogP contribution in [0.2, 0.25) is 0 Å². The van der Waals surface area contributed by atoms with Crippen molar-refractivity contribution >= 4 is 11.8 Å². The number of ether oxygens (including phenoxy) is 1. The van der Waals surface area contributed by atoms with Crippen LogP contribution in [0.1, 0.15) is 32.8 Å². The Balaban J connectivity index is 2.48. The predicted molar refractivity (Wildman–Crippen MR) is 115 cm³/mol. The average Bonchev–Trinajstić information content (AvgIpc) is 2.68. The average molecular weight is 379 g/mol. The van der Waals surface area contributed by atoms with Crippen LogP contribution in [0.5, 0.6) is 0 Å². The molecule has 27 heavy (non-hydrogen) atoms. The molecule has 0 spiro atoms. The number of hydrogen-bond donors (Lipinski definition) is 2. The van der Waals surface area contributed by atoms with E-state index in [2.05, 4.69) is 70.4 Å². The van der Waals surface area contributed by atoms with E-state index >= 15 is 0 Å². The maximum Gasteiger partial charge on any atom is 0.191 e. The Morgan fingerprint density at radius 2 is 1.93 bits per heavy atom. The third-order valence-corrected chi connectivity index (χ3v) is 4.33. The van der Waals surface area contributed by atoms with Crippen LogP contribution in [-0.4, -0.2) is 75.9 Å². The van der Waals surface area contributed by atoms with Gasteiger partial charge in [-0.25, -0.2) is 9.98 Å². The molecule has 2 N–H and O–H groups in total. The summed E-state index contributed by atoms with van der Waals surface area (Å²) in [6.45, 7) is 13.4. The summed E-state index contributed by atoms with van der Waals surface area (Å²) in [5.74, 6) is 1.87. The molecule has 1 heterocycles. The number of methoxy groups -OCH3 is 1. The van der Waals surface area contributed by atoms with Gasteiger partial charge in [0.25, 0.3) is 0 Å². The van der Waals surface area contributed by atoms with Crippen molar-refractivity contribution in [3.05, 3.63) is 23.9 Å². The van der Waals surface area contributed by atoms with Gasteiger partial charge in [0.05, 0.1) is 6.54 Å². The first-order valence-corrected chi connectivity index (χ1v) is 10.0. The molecular formula is C20H38N6O. The second kappa shape index (κ2) is 14.2. The predicted octanol–water partition coefficient (Wildman–Crippen LogP) is 1.95. The summed E-state index contributed by atoms with van der Waals surface area (Å²) in [5.41, 5.74) is 1.11. The van der Waals surface area contributed by atoms with Gasteiger partial charge in [-0.15, -0.1) is 0 Å². The summed E-state index contributed by atoms with van der Waals surface area (Å²) in [7, 11) is 3.87. The van der Waals surface area contributed by atoms with E-state index in [1.165, 1.54) is 0 Å². The molecule has 1 aromatic rings. The van der Waals surface area contributed by atoms with Gasteiger partial charge in [-0.3, -0.25) is 0 Å². The van der Waals surface area contributed by atoms with Gasteiger partial charge < -0.3 is 25.2 Å². The maximum absolute atomic E-state index is 5.09. The van der Waals surface area contributed by atoms with Crippen LogP contribution in [0.4, 0.5) is 5.82 Å². The fourth-order valence-electron chi connectivity index (χ4n) is 2.71. The lowest BCUT2D eigenvalue weighted by Gasteiger charge is -2.19. The molecule has 7 nitrogen and oxygen atoms in total. The van der Waals surface area contributed by atoms with Gasteiger partial charge >= 0.3 is 0 Å². The number of guanidine groups is 1. The molecule has 0 bridgehead atoms. The smallest absolute Gasteiger partial charge is 0.191 e. The number of anilines is 1. The number of likely N-dealkylation sites (N-methyl/N-ethyl adjacent to an activating group) is 1. The summed E-state index contributed by atoms with van der Waals surface area (Å²) in [5, 5.41) is 6.70. The normalized spacial score (nSPS) is 11.7. The number of aliphatic imine (C=N–C) groups is 1. The Hall–Kier alpha value is -1.86. The Labute approximate surface area is 165 Å². The van der Waals surface area contributed by atoms with Gasteiger partial charge in [0, 0.05) is 59.2 Å². The summed E-state index contributed by atoms with van der Waals surface area (Å²) in [6.07, 6.45) is 2.97. The van der Waals surface area contributed by atoms with Gasteiger partial charge in [-0.1, -0.05) is 6.07 Å². The van der Waals surface area contributed by atoms with E-state index in [9.17, 15) is 0 Å². The lowest BCUT2D eigenvalue weighted by atomic mass is 10.3. The summed E-state index contributed by atoms with van der Waals surface area (Å²) in [4.78, 5) is 13.8. The van der Waals surface area contributed by atoms with Crippen molar-refractivity contribution in [1.82, 2.24) is 20.5 Å². The van der Waals surface area contributed by atoms with Gasteiger partial charge in [0.15, 0.2) is 5.96 Å². The van der Waals surface area contributed by atoms with E-state index in [-0.39, 0.29) is 0 Å². The van der Waals surface area contributed by atoms with Crippen LogP contribution in [0.25, 0.3) is 0 Å². The minimum absolute atomic E-state index is 0.616. The monoisotopic (exact) mass is 378 g/mol. The Bertz CT molecular complexity index is 516. The zero-order valence-electron chi connectivity index (χ0n) is 17.8. The Kier molecular flexibility index (Phi) is 12.2.